The van der Waals surface area contributed by atoms with Gasteiger partial charge in [-0.3, -0.25) is 4.68 Å². The lowest BCUT2D eigenvalue weighted by Crippen LogP contribution is -2.13. The van der Waals surface area contributed by atoms with Crippen molar-refractivity contribution in [2.24, 2.45) is 12.8 Å². The van der Waals surface area contributed by atoms with Crippen LogP contribution in [0.5, 0.6) is 0 Å². The molecule has 1 heterocycles. The van der Waals surface area contributed by atoms with E-state index >= 15 is 0 Å². The highest BCUT2D eigenvalue weighted by Gasteiger charge is 2.06. The van der Waals surface area contributed by atoms with Crippen molar-refractivity contribution in [3.05, 3.63) is 11.4 Å². The number of aromatic nitrogens is 2. The largest absolute Gasteiger partial charge is 0.381 e. The molecule has 0 aliphatic carbocycles. The third kappa shape index (κ3) is 1.58. The fraction of sp³-hybridized carbons (Fsp3) is 0.625. The molecule has 0 saturated carbocycles. The second kappa shape index (κ2) is 3.58. The summed E-state index contributed by atoms with van der Waals surface area (Å²) in [4.78, 5) is 0. The van der Waals surface area contributed by atoms with Gasteiger partial charge in [0.15, 0.2) is 0 Å². The third-order valence-electron chi connectivity index (χ3n) is 1.96. The third-order valence-corrected chi connectivity index (χ3v) is 1.96. The van der Waals surface area contributed by atoms with Gasteiger partial charge in [-0.15, -0.1) is 0 Å². The molecule has 0 bridgehead atoms. The first-order valence-corrected chi connectivity index (χ1v) is 4.11. The topological polar surface area (TPSA) is 55.9 Å². The molecule has 4 heteroatoms. The molecule has 0 aliphatic heterocycles. The van der Waals surface area contributed by atoms with Gasteiger partial charge in [0.05, 0.1) is 17.1 Å². The molecule has 1 aromatic heterocycles. The zero-order chi connectivity index (χ0) is 9.14. The Labute approximate surface area is 72.8 Å². The Kier molecular flexibility index (Phi) is 2.70. The molecule has 0 saturated heterocycles. The van der Waals surface area contributed by atoms with Crippen molar-refractivity contribution in [2.75, 3.05) is 18.4 Å². The Balaban J connectivity index is 2.82. The van der Waals surface area contributed by atoms with Crippen molar-refractivity contribution in [1.82, 2.24) is 9.78 Å². The van der Waals surface area contributed by atoms with E-state index < -0.39 is 0 Å². The molecule has 0 atom stereocenters. The van der Waals surface area contributed by atoms with Gasteiger partial charge in [0.25, 0.3) is 0 Å². The first kappa shape index (κ1) is 9.06. The van der Waals surface area contributed by atoms with Crippen LogP contribution in [-0.4, -0.2) is 22.9 Å². The maximum absolute atomic E-state index is 5.39. The predicted molar refractivity (Wildman–Crippen MR) is 50.2 cm³/mol. The summed E-state index contributed by atoms with van der Waals surface area (Å²) in [6.07, 6.45) is 0. The minimum absolute atomic E-state index is 0.647. The van der Waals surface area contributed by atoms with Crippen molar-refractivity contribution in [3.63, 3.8) is 0 Å². The highest BCUT2D eigenvalue weighted by atomic mass is 15.3. The Morgan fingerprint density at radius 1 is 1.50 bits per heavy atom. The second-order valence-electron chi connectivity index (χ2n) is 2.88. The van der Waals surface area contributed by atoms with Crippen molar-refractivity contribution >= 4 is 5.69 Å². The van der Waals surface area contributed by atoms with Crippen molar-refractivity contribution < 1.29 is 0 Å². The van der Waals surface area contributed by atoms with Crippen LogP contribution in [-0.2, 0) is 7.05 Å². The molecule has 0 aromatic carbocycles. The van der Waals surface area contributed by atoms with E-state index in [9.17, 15) is 0 Å². The summed E-state index contributed by atoms with van der Waals surface area (Å²) < 4.78 is 1.87. The monoisotopic (exact) mass is 168 g/mol. The van der Waals surface area contributed by atoms with Crippen LogP contribution < -0.4 is 11.1 Å². The highest BCUT2D eigenvalue weighted by molar-refractivity contribution is 5.51. The summed E-state index contributed by atoms with van der Waals surface area (Å²) in [5.41, 5.74) is 8.69. The SMILES string of the molecule is Cc1nn(C)c(C)c1NCCN. The van der Waals surface area contributed by atoms with Crippen molar-refractivity contribution in [3.8, 4) is 0 Å². The van der Waals surface area contributed by atoms with E-state index in [1.54, 1.807) is 0 Å². The number of hydrogen-bond acceptors (Lipinski definition) is 3. The number of aryl methyl sites for hydroxylation is 2. The maximum atomic E-state index is 5.39. The van der Waals surface area contributed by atoms with Gasteiger partial charge in [0.1, 0.15) is 0 Å². The summed E-state index contributed by atoms with van der Waals surface area (Å²) in [5, 5.41) is 7.52. The number of rotatable bonds is 3. The summed E-state index contributed by atoms with van der Waals surface area (Å²) in [5.74, 6) is 0. The molecule has 0 unspecified atom stereocenters. The molecule has 0 fully saturated rings. The van der Waals surface area contributed by atoms with E-state index in [1.165, 1.54) is 0 Å². The number of hydrogen-bond donors (Lipinski definition) is 2. The molecule has 0 amide bonds. The summed E-state index contributed by atoms with van der Waals surface area (Å²) >= 11 is 0. The van der Waals surface area contributed by atoms with Crippen molar-refractivity contribution in [1.29, 1.82) is 0 Å². The van der Waals surface area contributed by atoms with Gasteiger partial charge in [0.2, 0.25) is 0 Å². The van der Waals surface area contributed by atoms with Gasteiger partial charge in [-0.1, -0.05) is 0 Å². The van der Waals surface area contributed by atoms with Gasteiger partial charge in [-0.25, -0.2) is 0 Å². The van der Waals surface area contributed by atoms with E-state index in [0.717, 1.165) is 23.6 Å². The lowest BCUT2D eigenvalue weighted by Gasteiger charge is -2.03. The van der Waals surface area contributed by atoms with E-state index in [0.29, 0.717) is 6.54 Å². The molecular formula is C8H16N4. The Morgan fingerprint density at radius 2 is 2.17 bits per heavy atom. The molecule has 0 radical (unpaired) electrons. The lowest BCUT2D eigenvalue weighted by atomic mass is 10.3. The van der Waals surface area contributed by atoms with Crippen LogP contribution >= 0.6 is 0 Å². The van der Waals surface area contributed by atoms with Crippen LogP contribution in [0.1, 0.15) is 11.4 Å². The van der Waals surface area contributed by atoms with Gasteiger partial charge in [-0.2, -0.15) is 5.10 Å². The summed E-state index contributed by atoms with van der Waals surface area (Å²) in [7, 11) is 1.94. The number of nitrogens with zero attached hydrogens (tertiary/aromatic N) is 2. The van der Waals surface area contributed by atoms with E-state index in [2.05, 4.69) is 10.4 Å². The molecule has 0 spiro atoms. The Morgan fingerprint density at radius 3 is 2.58 bits per heavy atom. The molecule has 1 aromatic rings. The van der Waals surface area contributed by atoms with Crippen molar-refractivity contribution in [2.45, 2.75) is 13.8 Å². The molecule has 4 nitrogen and oxygen atoms in total. The van der Waals surface area contributed by atoms with Crippen LogP contribution in [0.4, 0.5) is 5.69 Å². The zero-order valence-corrected chi connectivity index (χ0v) is 7.89. The second-order valence-corrected chi connectivity index (χ2v) is 2.88. The normalized spacial score (nSPS) is 10.3. The van der Waals surface area contributed by atoms with Gasteiger partial charge < -0.3 is 11.1 Å². The maximum Gasteiger partial charge on any atom is 0.0827 e. The molecule has 1 rings (SSSR count). The Bertz CT molecular complexity index is 264. The number of nitrogens with two attached hydrogens (primary N) is 1. The van der Waals surface area contributed by atoms with Crippen LogP contribution in [0, 0.1) is 13.8 Å². The summed E-state index contributed by atoms with van der Waals surface area (Å²) in [6.45, 7) is 5.48. The fourth-order valence-electron chi connectivity index (χ4n) is 1.23. The molecular weight excluding hydrogens is 152 g/mol. The Hall–Kier alpha value is -1.03. The number of anilines is 1. The van der Waals surface area contributed by atoms with E-state index in [4.69, 9.17) is 5.73 Å². The first-order chi connectivity index (χ1) is 5.66. The average molecular weight is 168 g/mol. The van der Waals surface area contributed by atoms with Crippen LogP contribution in [0.15, 0.2) is 0 Å². The quantitative estimate of drug-likeness (QED) is 0.687. The van der Waals surface area contributed by atoms with E-state index in [1.807, 2.05) is 25.6 Å². The van der Waals surface area contributed by atoms with Gasteiger partial charge in [0, 0.05) is 20.1 Å². The fourth-order valence-corrected chi connectivity index (χ4v) is 1.23. The highest BCUT2D eigenvalue weighted by Crippen LogP contribution is 2.17. The minimum Gasteiger partial charge on any atom is -0.381 e. The minimum atomic E-state index is 0.647. The average Bonchev–Trinajstić information content (AvgIpc) is 2.25. The molecule has 3 N–H and O–H groups in total. The van der Waals surface area contributed by atoms with Crippen LogP contribution in [0.25, 0.3) is 0 Å². The zero-order valence-electron chi connectivity index (χ0n) is 7.89. The van der Waals surface area contributed by atoms with Gasteiger partial charge in [-0.05, 0) is 13.8 Å². The molecule has 0 aliphatic rings. The molecule has 12 heavy (non-hydrogen) atoms. The standard InChI is InChI=1S/C8H16N4/c1-6-8(10-5-4-9)7(2)12(3)11-6/h10H,4-5,9H2,1-3H3. The first-order valence-electron chi connectivity index (χ1n) is 4.11. The van der Waals surface area contributed by atoms with Crippen LogP contribution in [0.3, 0.4) is 0 Å². The van der Waals surface area contributed by atoms with Gasteiger partial charge >= 0.3 is 0 Å². The summed E-state index contributed by atoms with van der Waals surface area (Å²) in [6, 6.07) is 0. The predicted octanol–water partition coefficient (Wildman–Crippen LogP) is 0.408. The lowest BCUT2D eigenvalue weighted by molar-refractivity contribution is 0.731. The van der Waals surface area contributed by atoms with E-state index in [-0.39, 0.29) is 0 Å². The number of nitrogens with one attached hydrogen (secondary N) is 1. The van der Waals surface area contributed by atoms with Crippen LogP contribution in [0.2, 0.25) is 0 Å². The smallest absolute Gasteiger partial charge is 0.0827 e. The molecule has 68 valence electrons.